The van der Waals surface area contributed by atoms with Crippen LogP contribution in [0.3, 0.4) is 0 Å². The molecule has 0 spiro atoms. The highest BCUT2D eigenvalue weighted by Gasteiger charge is 2.26. The highest BCUT2D eigenvalue weighted by Crippen LogP contribution is 2.50. The molecule has 0 radical (unpaired) electrons. The fourth-order valence-corrected chi connectivity index (χ4v) is 8.15. The highest BCUT2D eigenvalue weighted by molar-refractivity contribution is 6.45. The van der Waals surface area contributed by atoms with Crippen LogP contribution < -0.4 is 0 Å². The number of hydrogen-bond donors (Lipinski definition) is 1. The van der Waals surface area contributed by atoms with E-state index in [-0.39, 0.29) is 0 Å². The molecule has 0 saturated carbocycles. The fourth-order valence-electron chi connectivity index (χ4n) is 8.15. The van der Waals surface area contributed by atoms with Crippen LogP contribution in [-0.2, 0) is 0 Å². The number of nitrogens with zero attached hydrogens (tertiary/aromatic N) is 1. The van der Waals surface area contributed by atoms with E-state index in [0.717, 1.165) is 0 Å². The number of nitrogens with one attached hydrogen (secondary N) is 1. The quantitative estimate of drug-likeness (QED) is 0.188. The van der Waals surface area contributed by atoms with Crippen molar-refractivity contribution < 1.29 is 0 Å². The van der Waals surface area contributed by atoms with E-state index in [2.05, 4.69) is 137 Å². The van der Waals surface area contributed by atoms with Crippen molar-refractivity contribution in [1.82, 2.24) is 9.38 Å². The predicted octanol–water partition coefficient (Wildman–Crippen LogP) is 11.1. The fraction of sp³-hybridized carbons (Fsp3) is 0. The van der Waals surface area contributed by atoms with Gasteiger partial charge in [0.2, 0.25) is 0 Å². The molecule has 2 nitrogen and oxygen atoms in total. The molecular weight excluding hydrogens is 508 g/mol. The summed E-state index contributed by atoms with van der Waals surface area (Å²) < 4.78 is 2.56. The van der Waals surface area contributed by atoms with E-state index in [4.69, 9.17) is 0 Å². The number of hydrogen-bond acceptors (Lipinski definition) is 0. The summed E-state index contributed by atoms with van der Waals surface area (Å²) in [6.45, 7) is 0. The molecule has 0 fully saturated rings. The van der Waals surface area contributed by atoms with E-state index in [1.165, 1.54) is 103 Å². The molecule has 8 aromatic carbocycles. The summed E-state index contributed by atoms with van der Waals surface area (Å²) >= 11 is 0. The average molecular weight is 531 g/mol. The first kappa shape index (κ1) is 21.2. The largest absolute Gasteiger partial charge is 0.353 e. The Morgan fingerprint density at radius 2 is 1.00 bits per heavy atom. The Labute approximate surface area is 239 Å². The zero-order valence-electron chi connectivity index (χ0n) is 22.6. The van der Waals surface area contributed by atoms with Gasteiger partial charge in [0.1, 0.15) is 0 Å². The average Bonchev–Trinajstić information content (AvgIpc) is 3.71. The van der Waals surface area contributed by atoms with Crippen LogP contribution in [0, 0.1) is 0 Å². The first-order valence-corrected chi connectivity index (χ1v) is 14.6. The number of rotatable bonds is 0. The lowest BCUT2D eigenvalue weighted by molar-refractivity contribution is 1.37. The number of fused-ring (bicyclic) bond motifs is 19. The molecule has 1 N–H and O–H groups in total. The van der Waals surface area contributed by atoms with Crippen molar-refractivity contribution in [3.63, 3.8) is 0 Å². The van der Waals surface area contributed by atoms with Gasteiger partial charge in [0, 0.05) is 43.2 Å². The predicted molar refractivity (Wildman–Crippen MR) is 180 cm³/mol. The summed E-state index contributed by atoms with van der Waals surface area (Å²) in [4.78, 5) is 3.97. The number of para-hydroxylation sites is 1. The second kappa shape index (κ2) is 7.18. The van der Waals surface area contributed by atoms with Crippen molar-refractivity contribution in [2.24, 2.45) is 0 Å². The molecule has 11 rings (SSSR count). The Balaban J connectivity index is 1.61. The van der Waals surface area contributed by atoms with Crippen LogP contribution in [0.2, 0.25) is 0 Å². The van der Waals surface area contributed by atoms with Gasteiger partial charge < -0.3 is 9.38 Å². The molecule has 0 bridgehead atoms. The third-order valence-electron chi connectivity index (χ3n) is 9.76. The third kappa shape index (κ3) is 2.33. The Morgan fingerprint density at radius 1 is 0.381 bits per heavy atom. The van der Waals surface area contributed by atoms with Gasteiger partial charge in [-0.15, -0.1) is 0 Å². The van der Waals surface area contributed by atoms with E-state index in [1.54, 1.807) is 0 Å². The highest BCUT2D eigenvalue weighted by atomic mass is 14.9. The lowest BCUT2D eigenvalue weighted by Crippen LogP contribution is -1.86. The number of aromatic nitrogens is 2. The monoisotopic (exact) mass is 530 g/mol. The maximum Gasteiger partial charge on any atom is 0.0790 e. The van der Waals surface area contributed by atoms with E-state index in [0.29, 0.717) is 0 Å². The minimum Gasteiger partial charge on any atom is -0.353 e. The second-order valence-electron chi connectivity index (χ2n) is 11.7. The van der Waals surface area contributed by atoms with Crippen molar-refractivity contribution >= 4 is 103 Å². The molecule has 42 heavy (non-hydrogen) atoms. The summed E-state index contributed by atoms with van der Waals surface area (Å²) in [6, 6.07) is 47.1. The smallest absolute Gasteiger partial charge is 0.0790 e. The third-order valence-corrected chi connectivity index (χ3v) is 9.76. The second-order valence-corrected chi connectivity index (χ2v) is 11.7. The molecule has 0 aliphatic heterocycles. The zero-order valence-corrected chi connectivity index (χ0v) is 22.6. The Bertz CT molecular complexity index is 2950. The molecule has 2 heteroatoms. The van der Waals surface area contributed by atoms with Gasteiger partial charge in [0.15, 0.2) is 0 Å². The molecule has 0 atom stereocenters. The van der Waals surface area contributed by atoms with Crippen LogP contribution in [0.25, 0.3) is 103 Å². The van der Waals surface area contributed by atoms with Gasteiger partial charge in [-0.1, -0.05) is 109 Å². The number of benzene rings is 8. The first-order chi connectivity index (χ1) is 20.9. The minimum absolute atomic E-state index is 1.18. The van der Waals surface area contributed by atoms with E-state index in [1.807, 2.05) is 0 Å². The van der Waals surface area contributed by atoms with Gasteiger partial charge in [-0.25, -0.2) is 0 Å². The SMILES string of the molecule is c1ccc2c(c1)ccc1[nH]c3c(c4ccc5ccccc5c4c4c5c6ccccc6cc6c7ccccc7n(c65)c34)c12. The molecule has 192 valence electrons. The van der Waals surface area contributed by atoms with Crippen LogP contribution in [0.5, 0.6) is 0 Å². The zero-order chi connectivity index (χ0) is 27.1. The lowest BCUT2D eigenvalue weighted by atomic mass is 9.91. The van der Waals surface area contributed by atoms with Crippen LogP contribution >= 0.6 is 0 Å². The summed E-state index contributed by atoms with van der Waals surface area (Å²) in [6.07, 6.45) is 0. The van der Waals surface area contributed by atoms with Gasteiger partial charge in [-0.05, 0) is 55.9 Å². The van der Waals surface area contributed by atoms with Crippen molar-refractivity contribution in [1.29, 1.82) is 0 Å². The van der Waals surface area contributed by atoms with Crippen molar-refractivity contribution in [3.05, 3.63) is 127 Å². The lowest BCUT2D eigenvalue weighted by Gasteiger charge is -2.11. The number of aromatic amines is 1. The molecule has 3 aromatic heterocycles. The maximum absolute atomic E-state index is 3.97. The van der Waals surface area contributed by atoms with Gasteiger partial charge in [-0.2, -0.15) is 0 Å². The van der Waals surface area contributed by atoms with Gasteiger partial charge in [0.05, 0.1) is 22.1 Å². The van der Waals surface area contributed by atoms with E-state index >= 15 is 0 Å². The molecular formula is C40H22N2. The molecule has 0 aliphatic carbocycles. The van der Waals surface area contributed by atoms with Gasteiger partial charge in [-0.3, -0.25) is 0 Å². The number of H-pyrrole nitrogens is 1. The first-order valence-electron chi connectivity index (χ1n) is 14.6. The molecule has 0 amide bonds. The van der Waals surface area contributed by atoms with Crippen molar-refractivity contribution in [2.45, 2.75) is 0 Å². The van der Waals surface area contributed by atoms with Crippen LogP contribution in [0.4, 0.5) is 0 Å². The van der Waals surface area contributed by atoms with Gasteiger partial charge >= 0.3 is 0 Å². The van der Waals surface area contributed by atoms with Crippen molar-refractivity contribution in [2.75, 3.05) is 0 Å². The molecule has 0 saturated heterocycles. The Morgan fingerprint density at radius 3 is 1.79 bits per heavy atom. The summed E-state index contributed by atoms with van der Waals surface area (Å²) in [7, 11) is 0. The molecule has 11 aromatic rings. The Hall–Kier alpha value is -5.60. The van der Waals surface area contributed by atoms with Crippen LogP contribution in [0.15, 0.2) is 127 Å². The minimum atomic E-state index is 1.18. The standard InChI is InChI=1S/C40H22N2/c1-4-12-25-22(9-1)17-19-29-33(25)37-36-27-14-6-3-11-24(27)21-30-28-15-7-8-16-32(28)42(39(30)36)40(37)38-35(29)34-26-13-5-2-10-23(26)18-20-31(34)41-38/h1-21,41H. The maximum atomic E-state index is 3.97. The molecule has 0 unspecified atom stereocenters. The van der Waals surface area contributed by atoms with E-state index in [9.17, 15) is 0 Å². The van der Waals surface area contributed by atoms with Crippen LogP contribution in [0.1, 0.15) is 0 Å². The van der Waals surface area contributed by atoms with Crippen molar-refractivity contribution in [3.8, 4) is 0 Å². The Kier molecular flexibility index (Phi) is 3.62. The normalized spacial score (nSPS) is 12.8. The van der Waals surface area contributed by atoms with Crippen LogP contribution in [-0.4, -0.2) is 9.38 Å². The summed E-state index contributed by atoms with van der Waals surface area (Å²) in [5.41, 5.74) is 6.23. The van der Waals surface area contributed by atoms with Gasteiger partial charge in [0.25, 0.3) is 0 Å². The molecule has 0 aliphatic rings. The molecule has 3 heterocycles. The topological polar surface area (TPSA) is 20.2 Å². The summed E-state index contributed by atoms with van der Waals surface area (Å²) in [5.74, 6) is 0. The van der Waals surface area contributed by atoms with E-state index < -0.39 is 0 Å². The summed E-state index contributed by atoms with van der Waals surface area (Å²) in [5, 5.41) is 18.3.